The maximum Gasteiger partial charge on any atom is 0.369 e. The van der Waals surface area contributed by atoms with E-state index in [4.69, 9.17) is 9.56 Å². The van der Waals surface area contributed by atoms with Crippen molar-refractivity contribution in [3.05, 3.63) is 47.0 Å². The first kappa shape index (κ1) is 23.8. The molecule has 2 rings (SSSR count). The van der Waals surface area contributed by atoms with E-state index in [0.29, 0.717) is 24.3 Å². The van der Waals surface area contributed by atoms with Crippen LogP contribution in [0.1, 0.15) is 63.1 Å². The van der Waals surface area contributed by atoms with Crippen molar-refractivity contribution in [2.45, 2.75) is 75.8 Å². The van der Waals surface area contributed by atoms with Gasteiger partial charge in [0.25, 0.3) is 0 Å². The Balaban J connectivity index is 2.20. The van der Waals surface area contributed by atoms with E-state index in [0.717, 1.165) is 26.5 Å². The molecule has 0 amide bonds. The Bertz CT molecular complexity index is 870. The third-order valence-corrected chi connectivity index (χ3v) is 8.20. The van der Waals surface area contributed by atoms with Crippen molar-refractivity contribution in [3.63, 3.8) is 0 Å². The zero-order valence-electron chi connectivity index (χ0n) is 17.9. The van der Waals surface area contributed by atoms with E-state index >= 15 is 0 Å². The highest BCUT2D eigenvalue weighted by molar-refractivity contribution is 7.99. The summed E-state index contributed by atoms with van der Waals surface area (Å²) in [6.45, 7) is 11.7. The van der Waals surface area contributed by atoms with Crippen LogP contribution in [0.4, 0.5) is 0 Å². The van der Waals surface area contributed by atoms with Gasteiger partial charge in [-0.2, -0.15) is 0 Å². The van der Waals surface area contributed by atoms with Gasteiger partial charge in [0, 0.05) is 9.79 Å². The van der Waals surface area contributed by atoms with Crippen LogP contribution in [0.2, 0.25) is 0 Å². The minimum Gasteiger partial charge on any atom is -0.508 e. The topological polar surface area (TPSA) is 76.0 Å². The number of benzene rings is 2. The predicted molar refractivity (Wildman–Crippen MR) is 118 cm³/mol. The fourth-order valence-electron chi connectivity index (χ4n) is 3.20. The Morgan fingerprint density at radius 2 is 1.66 bits per heavy atom. The smallest absolute Gasteiger partial charge is 0.369 e. The predicted octanol–water partition coefficient (Wildman–Crippen LogP) is 6.97. The van der Waals surface area contributed by atoms with Crippen LogP contribution in [0.5, 0.6) is 11.5 Å². The van der Waals surface area contributed by atoms with E-state index in [-0.39, 0.29) is 5.92 Å². The Morgan fingerprint density at radius 3 is 2.17 bits per heavy atom. The van der Waals surface area contributed by atoms with E-state index < -0.39 is 13.3 Å². The molecule has 0 bridgehead atoms. The van der Waals surface area contributed by atoms with Gasteiger partial charge in [0.2, 0.25) is 0 Å². The van der Waals surface area contributed by atoms with Crippen LogP contribution in [-0.4, -0.2) is 15.7 Å². The molecule has 29 heavy (non-hydrogen) atoms. The first-order chi connectivity index (χ1) is 13.6. The molecule has 0 spiro atoms. The number of rotatable bonds is 9. The lowest BCUT2D eigenvalue weighted by atomic mass is 10.0. The van der Waals surface area contributed by atoms with E-state index in [1.165, 1.54) is 0 Å². The summed E-state index contributed by atoms with van der Waals surface area (Å²) in [5, 5.41) is 10.0. The van der Waals surface area contributed by atoms with E-state index in [9.17, 15) is 14.6 Å². The standard InChI is InChI=1S/C22H31O5PS/c1-7-18(8-2)28(24,25)27-26-17-11-15(5)22(16(6)12-17)29-19-9-10-21(23)20(13-19)14(3)4/h9-14,18,23H,7-8H2,1-6H3,(H,24,25). The molecule has 7 heteroatoms. The van der Waals surface area contributed by atoms with Gasteiger partial charge in [0.05, 0.1) is 5.66 Å². The molecule has 0 aromatic heterocycles. The SMILES string of the molecule is CCC(CC)P(=O)(O)OOc1cc(C)c(Sc2ccc(O)c(C(C)C)c2)c(C)c1. The molecule has 0 fully saturated rings. The van der Waals surface area contributed by atoms with Crippen molar-refractivity contribution in [3.8, 4) is 11.5 Å². The molecular weight excluding hydrogens is 407 g/mol. The van der Waals surface area contributed by atoms with Gasteiger partial charge >= 0.3 is 7.60 Å². The minimum absolute atomic E-state index is 0.231. The fraction of sp³-hybridized carbons (Fsp3) is 0.455. The van der Waals surface area contributed by atoms with Gasteiger partial charge in [0.15, 0.2) is 5.75 Å². The number of aromatic hydroxyl groups is 1. The van der Waals surface area contributed by atoms with Crippen molar-refractivity contribution in [1.82, 2.24) is 0 Å². The molecule has 0 saturated carbocycles. The van der Waals surface area contributed by atoms with Gasteiger partial charge in [-0.25, -0.2) is 0 Å². The summed E-state index contributed by atoms with van der Waals surface area (Å²) in [6, 6.07) is 9.23. The average molecular weight is 439 g/mol. The minimum atomic E-state index is -3.84. The number of phenols is 1. The molecule has 1 unspecified atom stereocenters. The lowest BCUT2D eigenvalue weighted by Gasteiger charge is -2.19. The van der Waals surface area contributed by atoms with Crippen molar-refractivity contribution in [2.75, 3.05) is 0 Å². The first-order valence-electron chi connectivity index (χ1n) is 9.89. The van der Waals surface area contributed by atoms with Gasteiger partial charge in [-0.3, -0.25) is 4.57 Å². The second-order valence-corrected chi connectivity index (χ2v) is 10.6. The van der Waals surface area contributed by atoms with Crippen LogP contribution in [0, 0.1) is 13.8 Å². The molecule has 2 aromatic rings. The average Bonchev–Trinajstić information content (AvgIpc) is 2.65. The number of phenolic OH excluding ortho intramolecular Hbond substituents is 1. The zero-order chi connectivity index (χ0) is 21.8. The van der Waals surface area contributed by atoms with Gasteiger partial charge in [-0.15, -0.1) is 0 Å². The van der Waals surface area contributed by atoms with Crippen LogP contribution < -0.4 is 4.89 Å². The van der Waals surface area contributed by atoms with Gasteiger partial charge < -0.3 is 14.9 Å². The normalized spacial score (nSPS) is 13.7. The molecule has 0 aliphatic carbocycles. The highest BCUT2D eigenvalue weighted by Gasteiger charge is 2.31. The number of hydrogen-bond donors (Lipinski definition) is 2. The molecule has 1 atom stereocenters. The van der Waals surface area contributed by atoms with Crippen molar-refractivity contribution < 1.29 is 24.1 Å². The molecule has 0 heterocycles. The molecule has 160 valence electrons. The number of hydrogen-bond acceptors (Lipinski definition) is 5. The van der Waals surface area contributed by atoms with Gasteiger partial charge in [-0.05, 0) is 79.6 Å². The Hall–Kier alpha value is -1.46. The second-order valence-electron chi connectivity index (χ2n) is 7.56. The summed E-state index contributed by atoms with van der Waals surface area (Å²) in [7, 11) is -3.84. The molecule has 0 radical (unpaired) electrons. The Morgan fingerprint density at radius 1 is 1.07 bits per heavy atom. The van der Waals surface area contributed by atoms with Gasteiger partial charge in [-0.1, -0.05) is 44.1 Å². The van der Waals surface area contributed by atoms with E-state index in [1.54, 1.807) is 30.0 Å². The van der Waals surface area contributed by atoms with E-state index in [1.807, 2.05) is 53.7 Å². The molecule has 0 aliphatic rings. The lowest BCUT2D eigenvalue weighted by Crippen LogP contribution is -2.10. The molecule has 2 aromatic carbocycles. The quantitative estimate of drug-likeness (QED) is 0.250. The van der Waals surface area contributed by atoms with Crippen molar-refractivity contribution in [2.24, 2.45) is 0 Å². The maximum absolute atomic E-state index is 12.3. The molecule has 0 saturated heterocycles. The van der Waals surface area contributed by atoms with Crippen molar-refractivity contribution >= 4 is 19.4 Å². The summed E-state index contributed by atoms with van der Waals surface area (Å²) < 4.78 is 17.3. The summed E-state index contributed by atoms with van der Waals surface area (Å²) in [6.07, 6.45) is 1.10. The third-order valence-electron chi connectivity index (χ3n) is 4.92. The Kier molecular flexibility index (Phi) is 8.24. The van der Waals surface area contributed by atoms with Crippen LogP contribution >= 0.6 is 19.4 Å². The van der Waals surface area contributed by atoms with Crippen LogP contribution in [0.25, 0.3) is 0 Å². The molecule has 0 aliphatic heterocycles. The molecule has 5 nitrogen and oxygen atoms in total. The van der Waals surface area contributed by atoms with Gasteiger partial charge in [0.1, 0.15) is 5.75 Å². The van der Waals surface area contributed by atoms with Crippen LogP contribution in [0.15, 0.2) is 40.1 Å². The fourth-order valence-corrected chi connectivity index (χ4v) is 5.44. The molecular formula is C22H31O5PS. The second kappa shape index (κ2) is 10.0. The lowest BCUT2D eigenvalue weighted by molar-refractivity contribution is -0.111. The Labute approximate surface area is 177 Å². The maximum atomic E-state index is 12.3. The largest absolute Gasteiger partial charge is 0.508 e. The van der Waals surface area contributed by atoms with E-state index in [2.05, 4.69) is 0 Å². The zero-order valence-corrected chi connectivity index (χ0v) is 19.6. The molecule has 2 N–H and O–H groups in total. The van der Waals surface area contributed by atoms with Crippen molar-refractivity contribution in [1.29, 1.82) is 0 Å². The van der Waals surface area contributed by atoms with Crippen LogP contribution in [0.3, 0.4) is 0 Å². The summed E-state index contributed by atoms with van der Waals surface area (Å²) in [5.74, 6) is 0.942. The highest BCUT2D eigenvalue weighted by atomic mass is 32.2. The first-order valence-corrected chi connectivity index (χ1v) is 12.4. The number of aryl methyl sites for hydroxylation is 2. The highest BCUT2D eigenvalue weighted by Crippen LogP contribution is 2.50. The summed E-state index contributed by atoms with van der Waals surface area (Å²) in [5.41, 5.74) is 2.43. The summed E-state index contributed by atoms with van der Waals surface area (Å²) in [4.78, 5) is 17.4. The van der Waals surface area contributed by atoms with Crippen LogP contribution in [-0.2, 0) is 9.24 Å². The monoisotopic (exact) mass is 438 g/mol. The summed E-state index contributed by atoms with van der Waals surface area (Å²) >= 11 is 1.61. The third kappa shape index (κ3) is 6.02.